The van der Waals surface area contributed by atoms with E-state index < -0.39 is 0 Å². The number of carbonyl (C=O) groups excluding carboxylic acids is 1. The van der Waals surface area contributed by atoms with Crippen LogP contribution < -0.4 is 11.1 Å². The van der Waals surface area contributed by atoms with Gasteiger partial charge >= 0.3 is 0 Å². The van der Waals surface area contributed by atoms with E-state index in [1.807, 2.05) is 12.1 Å². The summed E-state index contributed by atoms with van der Waals surface area (Å²) in [6, 6.07) is 5.28. The van der Waals surface area contributed by atoms with Crippen LogP contribution in [-0.4, -0.2) is 11.9 Å². The summed E-state index contributed by atoms with van der Waals surface area (Å²) in [5.74, 6) is 0.0403. The topological polar surface area (TPSA) is 55.1 Å². The second-order valence-corrected chi connectivity index (χ2v) is 5.20. The maximum absolute atomic E-state index is 11.4. The number of nitrogens with two attached hydrogens (primary N) is 1. The normalized spacial score (nSPS) is 25.3. The average molecular weight is 304 g/mol. The standard InChI is InChI=1S/C11H12BrClN2O/c12-8-2-1-6(13)5-7(8)11-9(14)3-4-10(16)15-11/h1-2,5,9,11H,3-4,14H2,(H,15,16). The third-order valence-electron chi connectivity index (χ3n) is 2.74. The van der Waals surface area contributed by atoms with E-state index in [4.69, 9.17) is 17.3 Å². The molecule has 0 aliphatic carbocycles. The Labute approximate surface area is 107 Å². The molecular weight excluding hydrogens is 291 g/mol. The number of hydrogen-bond donors (Lipinski definition) is 2. The first-order chi connectivity index (χ1) is 7.58. The van der Waals surface area contributed by atoms with E-state index in [9.17, 15) is 4.79 Å². The van der Waals surface area contributed by atoms with Crippen LogP contribution in [0.5, 0.6) is 0 Å². The van der Waals surface area contributed by atoms with Crippen molar-refractivity contribution in [3.8, 4) is 0 Å². The summed E-state index contributed by atoms with van der Waals surface area (Å²) < 4.78 is 0.916. The Morgan fingerprint density at radius 3 is 3.00 bits per heavy atom. The molecule has 2 atom stereocenters. The minimum absolute atomic E-state index is 0.0403. The van der Waals surface area contributed by atoms with Crippen LogP contribution in [0.4, 0.5) is 0 Å². The molecule has 1 aromatic rings. The summed E-state index contributed by atoms with van der Waals surface area (Å²) in [4.78, 5) is 11.4. The zero-order valence-electron chi connectivity index (χ0n) is 8.54. The van der Waals surface area contributed by atoms with Gasteiger partial charge in [0.25, 0.3) is 0 Å². The zero-order valence-corrected chi connectivity index (χ0v) is 10.9. The van der Waals surface area contributed by atoms with E-state index in [0.29, 0.717) is 17.9 Å². The van der Waals surface area contributed by atoms with Crippen molar-refractivity contribution >= 4 is 33.4 Å². The Balaban J connectivity index is 2.34. The van der Waals surface area contributed by atoms with Crippen LogP contribution in [0.3, 0.4) is 0 Å². The first-order valence-electron chi connectivity index (χ1n) is 5.08. The number of benzene rings is 1. The molecule has 3 N–H and O–H groups in total. The predicted octanol–water partition coefficient (Wildman–Crippen LogP) is 2.38. The van der Waals surface area contributed by atoms with Crippen molar-refractivity contribution in [2.45, 2.75) is 24.9 Å². The Kier molecular flexibility index (Phi) is 3.52. The molecule has 0 saturated carbocycles. The highest BCUT2D eigenvalue weighted by molar-refractivity contribution is 9.10. The molecule has 86 valence electrons. The maximum atomic E-state index is 11.4. The van der Waals surface area contributed by atoms with Crippen LogP contribution in [0.1, 0.15) is 24.4 Å². The van der Waals surface area contributed by atoms with Crippen molar-refractivity contribution in [1.29, 1.82) is 0 Å². The van der Waals surface area contributed by atoms with E-state index in [-0.39, 0.29) is 18.0 Å². The first-order valence-corrected chi connectivity index (χ1v) is 6.25. The van der Waals surface area contributed by atoms with Gasteiger partial charge in [0.05, 0.1) is 6.04 Å². The molecule has 1 heterocycles. The molecule has 5 heteroatoms. The van der Waals surface area contributed by atoms with Crippen LogP contribution in [-0.2, 0) is 4.79 Å². The monoisotopic (exact) mass is 302 g/mol. The highest BCUT2D eigenvalue weighted by Crippen LogP contribution is 2.30. The fraction of sp³-hybridized carbons (Fsp3) is 0.364. The van der Waals surface area contributed by atoms with Crippen LogP contribution in [0.15, 0.2) is 22.7 Å². The second-order valence-electron chi connectivity index (χ2n) is 3.91. The van der Waals surface area contributed by atoms with Gasteiger partial charge in [0, 0.05) is 22.0 Å². The summed E-state index contributed by atoms with van der Waals surface area (Å²) in [5.41, 5.74) is 6.95. The average Bonchev–Trinajstić information content (AvgIpc) is 2.25. The molecule has 0 bridgehead atoms. The quantitative estimate of drug-likeness (QED) is 0.837. The fourth-order valence-corrected chi connectivity index (χ4v) is 2.55. The summed E-state index contributed by atoms with van der Waals surface area (Å²) in [6.07, 6.45) is 1.20. The molecule has 1 fully saturated rings. The Bertz CT molecular complexity index is 424. The number of rotatable bonds is 1. The van der Waals surface area contributed by atoms with Gasteiger partial charge in [-0.1, -0.05) is 27.5 Å². The molecule has 1 amide bonds. The van der Waals surface area contributed by atoms with Crippen molar-refractivity contribution in [2.24, 2.45) is 5.73 Å². The summed E-state index contributed by atoms with van der Waals surface area (Å²) in [6.45, 7) is 0. The highest BCUT2D eigenvalue weighted by Gasteiger charge is 2.28. The lowest BCUT2D eigenvalue weighted by Gasteiger charge is -2.30. The molecule has 1 aliphatic heterocycles. The van der Waals surface area contributed by atoms with E-state index in [0.717, 1.165) is 10.0 Å². The van der Waals surface area contributed by atoms with Gasteiger partial charge in [-0.15, -0.1) is 0 Å². The van der Waals surface area contributed by atoms with Gasteiger partial charge in [-0.2, -0.15) is 0 Å². The van der Waals surface area contributed by atoms with Crippen molar-refractivity contribution in [3.63, 3.8) is 0 Å². The second kappa shape index (κ2) is 4.73. The predicted molar refractivity (Wildman–Crippen MR) is 67.2 cm³/mol. The van der Waals surface area contributed by atoms with Crippen molar-refractivity contribution in [1.82, 2.24) is 5.32 Å². The summed E-state index contributed by atoms with van der Waals surface area (Å²) in [5, 5.41) is 3.54. The van der Waals surface area contributed by atoms with Gasteiger partial charge in [0.15, 0.2) is 0 Å². The Morgan fingerprint density at radius 2 is 2.25 bits per heavy atom. The molecule has 1 aromatic carbocycles. The molecule has 0 aromatic heterocycles. The van der Waals surface area contributed by atoms with Crippen molar-refractivity contribution in [3.05, 3.63) is 33.3 Å². The molecule has 1 saturated heterocycles. The lowest BCUT2D eigenvalue weighted by Crippen LogP contribution is -2.45. The molecule has 2 rings (SSSR count). The van der Waals surface area contributed by atoms with Crippen LogP contribution >= 0.6 is 27.5 Å². The van der Waals surface area contributed by atoms with Crippen LogP contribution in [0.25, 0.3) is 0 Å². The number of hydrogen-bond acceptors (Lipinski definition) is 2. The lowest BCUT2D eigenvalue weighted by atomic mass is 9.93. The third kappa shape index (κ3) is 2.39. The zero-order chi connectivity index (χ0) is 11.7. The van der Waals surface area contributed by atoms with Crippen molar-refractivity contribution in [2.75, 3.05) is 0 Å². The number of nitrogens with one attached hydrogen (secondary N) is 1. The van der Waals surface area contributed by atoms with Gasteiger partial charge in [0.2, 0.25) is 5.91 Å². The first kappa shape index (κ1) is 11.9. The van der Waals surface area contributed by atoms with E-state index in [2.05, 4.69) is 21.2 Å². The molecule has 2 unspecified atom stereocenters. The lowest BCUT2D eigenvalue weighted by molar-refractivity contribution is -0.123. The van der Waals surface area contributed by atoms with E-state index in [1.165, 1.54) is 0 Å². The highest BCUT2D eigenvalue weighted by atomic mass is 79.9. The molecule has 16 heavy (non-hydrogen) atoms. The summed E-state index contributed by atoms with van der Waals surface area (Å²) in [7, 11) is 0. The van der Waals surface area contributed by atoms with Gasteiger partial charge in [-0.3, -0.25) is 4.79 Å². The molecule has 0 radical (unpaired) electrons. The number of carbonyl (C=O) groups is 1. The Hall–Kier alpha value is -0.580. The Morgan fingerprint density at radius 1 is 1.50 bits per heavy atom. The number of piperidine rings is 1. The molecular formula is C11H12BrClN2O. The van der Waals surface area contributed by atoms with Gasteiger partial charge in [-0.25, -0.2) is 0 Å². The minimum atomic E-state index is -0.158. The largest absolute Gasteiger partial charge is 0.348 e. The van der Waals surface area contributed by atoms with Gasteiger partial charge in [-0.05, 0) is 30.2 Å². The SMILES string of the molecule is NC1CCC(=O)NC1c1cc(Cl)ccc1Br. The van der Waals surface area contributed by atoms with Crippen LogP contribution in [0, 0.1) is 0 Å². The fourth-order valence-electron chi connectivity index (χ4n) is 1.88. The third-order valence-corrected chi connectivity index (χ3v) is 3.70. The smallest absolute Gasteiger partial charge is 0.220 e. The van der Waals surface area contributed by atoms with Gasteiger partial charge < -0.3 is 11.1 Å². The van der Waals surface area contributed by atoms with Crippen LogP contribution in [0.2, 0.25) is 5.02 Å². The summed E-state index contributed by atoms with van der Waals surface area (Å²) >= 11 is 9.39. The number of halogens is 2. The van der Waals surface area contributed by atoms with Gasteiger partial charge in [0.1, 0.15) is 0 Å². The molecule has 0 spiro atoms. The number of amides is 1. The van der Waals surface area contributed by atoms with E-state index >= 15 is 0 Å². The molecule has 3 nitrogen and oxygen atoms in total. The minimum Gasteiger partial charge on any atom is -0.348 e. The maximum Gasteiger partial charge on any atom is 0.220 e. The van der Waals surface area contributed by atoms with Crippen molar-refractivity contribution < 1.29 is 4.79 Å². The molecule has 1 aliphatic rings. The van der Waals surface area contributed by atoms with E-state index in [1.54, 1.807) is 6.07 Å².